The molecule has 0 bridgehead atoms. The number of halogens is 1. The number of thiazole rings is 1. The lowest BCUT2D eigenvalue weighted by Crippen LogP contribution is -2.41. The Balaban J connectivity index is 1.37. The smallest absolute Gasteiger partial charge is 0.234 e. The first-order chi connectivity index (χ1) is 17.4. The molecule has 2 amide bonds. The summed E-state index contributed by atoms with van der Waals surface area (Å²) in [5, 5.41) is 0.679. The second-order valence-corrected chi connectivity index (χ2v) is 10.6. The van der Waals surface area contributed by atoms with E-state index >= 15 is 0 Å². The Bertz CT molecular complexity index is 1260. The van der Waals surface area contributed by atoms with E-state index in [1.165, 1.54) is 23.5 Å². The first-order valence-corrected chi connectivity index (χ1v) is 13.3. The van der Waals surface area contributed by atoms with Gasteiger partial charge in [0.25, 0.3) is 0 Å². The highest BCUT2D eigenvalue weighted by molar-refractivity contribution is 7.22. The molecule has 2 saturated heterocycles. The number of hydrogen-bond donors (Lipinski definition) is 0. The number of fused-ring (bicyclic) bond motifs is 1. The molecule has 1 unspecified atom stereocenters. The summed E-state index contributed by atoms with van der Waals surface area (Å²) >= 11 is 1.53. The molecule has 36 heavy (non-hydrogen) atoms. The summed E-state index contributed by atoms with van der Waals surface area (Å²) in [7, 11) is 0. The van der Waals surface area contributed by atoms with Crippen molar-refractivity contribution < 1.29 is 18.7 Å². The van der Waals surface area contributed by atoms with Crippen molar-refractivity contribution in [3.63, 3.8) is 0 Å². The molecule has 2 aliphatic rings. The van der Waals surface area contributed by atoms with Crippen molar-refractivity contribution in [1.82, 2.24) is 9.88 Å². The summed E-state index contributed by atoms with van der Waals surface area (Å²) in [6, 6.07) is 10.0. The summed E-state index contributed by atoms with van der Waals surface area (Å²) in [6.45, 7) is 9.09. The summed E-state index contributed by atoms with van der Waals surface area (Å²) in [4.78, 5) is 37.2. The zero-order chi connectivity index (χ0) is 25.2. The zero-order valence-corrected chi connectivity index (χ0v) is 21.5. The Kier molecular flexibility index (Phi) is 7.32. The fourth-order valence-electron chi connectivity index (χ4n) is 5.02. The van der Waals surface area contributed by atoms with Gasteiger partial charge in [-0.2, -0.15) is 0 Å². The van der Waals surface area contributed by atoms with Gasteiger partial charge in [-0.15, -0.1) is 0 Å². The molecule has 0 spiro atoms. The SMILES string of the molecule is Cc1cc(C)c2sc(N(CCCN3CCOCC3)C(=O)C3CC(=O)N(c4ccc(F)cc4)C3)nc2c1. The molecular weight excluding hydrogens is 479 g/mol. The molecule has 2 aliphatic heterocycles. The molecule has 190 valence electrons. The number of hydrogen-bond acceptors (Lipinski definition) is 6. The largest absolute Gasteiger partial charge is 0.379 e. The Morgan fingerprint density at radius 3 is 2.69 bits per heavy atom. The number of carbonyl (C=O) groups excluding carboxylic acids is 2. The lowest BCUT2D eigenvalue weighted by Gasteiger charge is -2.28. The molecule has 0 aliphatic carbocycles. The third-order valence-electron chi connectivity index (χ3n) is 6.88. The van der Waals surface area contributed by atoms with Gasteiger partial charge in [0.1, 0.15) is 5.82 Å². The van der Waals surface area contributed by atoms with Crippen LogP contribution in [0.4, 0.5) is 15.2 Å². The van der Waals surface area contributed by atoms with E-state index < -0.39 is 5.92 Å². The monoisotopic (exact) mass is 510 g/mol. The van der Waals surface area contributed by atoms with E-state index in [1.807, 2.05) is 13.0 Å². The van der Waals surface area contributed by atoms with Gasteiger partial charge in [0.2, 0.25) is 11.8 Å². The average Bonchev–Trinajstić information content (AvgIpc) is 3.46. The van der Waals surface area contributed by atoms with Gasteiger partial charge in [0.05, 0.1) is 29.3 Å². The van der Waals surface area contributed by atoms with Crippen molar-refractivity contribution >= 4 is 44.2 Å². The van der Waals surface area contributed by atoms with Crippen molar-refractivity contribution in [3.8, 4) is 0 Å². The van der Waals surface area contributed by atoms with Crippen LogP contribution in [0.3, 0.4) is 0 Å². The number of aromatic nitrogens is 1. The van der Waals surface area contributed by atoms with Crippen molar-refractivity contribution in [3.05, 3.63) is 53.3 Å². The molecule has 0 N–H and O–H groups in total. The summed E-state index contributed by atoms with van der Waals surface area (Å²) in [5.41, 5.74) is 3.79. The van der Waals surface area contributed by atoms with Gasteiger partial charge in [-0.25, -0.2) is 9.37 Å². The Morgan fingerprint density at radius 1 is 1.19 bits per heavy atom. The standard InChI is InChI=1S/C27H31FN4O3S/c1-18-14-19(2)25-23(15-18)29-27(36-25)31(9-3-8-30-10-12-35-13-11-30)26(34)20-16-24(33)32(17-20)22-6-4-21(28)5-7-22/h4-7,14-15,20H,3,8-13,16-17H2,1-2H3. The van der Waals surface area contributed by atoms with Crippen LogP contribution >= 0.6 is 11.3 Å². The molecule has 1 atom stereocenters. The molecule has 1 aromatic heterocycles. The van der Waals surface area contributed by atoms with Gasteiger partial charge in [-0.3, -0.25) is 19.4 Å². The van der Waals surface area contributed by atoms with Crippen molar-refractivity contribution in [2.24, 2.45) is 5.92 Å². The predicted octanol–water partition coefficient (Wildman–Crippen LogP) is 4.16. The van der Waals surface area contributed by atoms with Gasteiger partial charge in [-0.1, -0.05) is 17.4 Å². The van der Waals surface area contributed by atoms with Gasteiger partial charge < -0.3 is 9.64 Å². The van der Waals surface area contributed by atoms with Crippen molar-refractivity contribution in [2.75, 3.05) is 55.7 Å². The molecule has 5 rings (SSSR count). The van der Waals surface area contributed by atoms with E-state index in [0.29, 0.717) is 17.4 Å². The number of anilines is 2. The molecule has 0 saturated carbocycles. The minimum atomic E-state index is -0.471. The maximum absolute atomic E-state index is 13.9. The molecular formula is C27H31FN4O3S. The summed E-state index contributed by atoms with van der Waals surface area (Å²) in [6.07, 6.45) is 0.946. The number of rotatable bonds is 7. The van der Waals surface area contributed by atoms with Crippen LogP contribution in [0.5, 0.6) is 0 Å². The molecule has 7 nitrogen and oxygen atoms in total. The van der Waals surface area contributed by atoms with Crippen LogP contribution < -0.4 is 9.80 Å². The van der Waals surface area contributed by atoms with E-state index in [2.05, 4.69) is 17.9 Å². The Labute approximate surface area is 214 Å². The molecule has 9 heteroatoms. The van der Waals surface area contributed by atoms with Crippen LogP contribution in [-0.2, 0) is 14.3 Å². The molecule has 3 aromatic rings. The van der Waals surface area contributed by atoms with Crippen molar-refractivity contribution in [2.45, 2.75) is 26.7 Å². The van der Waals surface area contributed by atoms with Crippen LogP contribution in [0, 0.1) is 25.6 Å². The van der Waals surface area contributed by atoms with Crippen LogP contribution in [0.25, 0.3) is 10.2 Å². The normalized spacial score (nSPS) is 18.8. The average molecular weight is 511 g/mol. The molecule has 2 aromatic carbocycles. The quantitative estimate of drug-likeness (QED) is 0.478. The maximum Gasteiger partial charge on any atom is 0.234 e. The van der Waals surface area contributed by atoms with E-state index in [-0.39, 0.29) is 30.6 Å². The third-order valence-corrected chi connectivity index (χ3v) is 8.11. The van der Waals surface area contributed by atoms with Crippen molar-refractivity contribution in [1.29, 1.82) is 0 Å². The zero-order valence-electron chi connectivity index (χ0n) is 20.7. The number of ether oxygens (including phenoxy) is 1. The Hall–Kier alpha value is -2.88. The highest BCUT2D eigenvalue weighted by atomic mass is 32.1. The Morgan fingerprint density at radius 2 is 1.94 bits per heavy atom. The van der Waals surface area contributed by atoms with Gasteiger partial charge in [-0.05, 0) is 61.7 Å². The number of amides is 2. The van der Waals surface area contributed by atoms with Gasteiger partial charge in [0.15, 0.2) is 5.13 Å². The third kappa shape index (κ3) is 5.28. The maximum atomic E-state index is 13.9. The lowest BCUT2D eigenvalue weighted by molar-refractivity contribution is -0.124. The van der Waals surface area contributed by atoms with E-state index in [4.69, 9.17) is 9.72 Å². The van der Waals surface area contributed by atoms with Gasteiger partial charge in [0, 0.05) is 44.8 Å². The van der Waals surface area contributed by atoms with Gasteiger partial charge >= 0.3 is 0 Å². The summed E-state index contributed by atoms with van der Waals surface area (Å²) in [5.74, 6) is -1.03. The van der Waals surface area contributed by atoms with E-state index in [0.717, 1.165) is 60.6 Å². The minimum Gasteiger partial charge on any atom is -0.379 e. The molecule has 0 radical (unpaired) electrons. The number of carbonyl (C=O) groups is 2. The summed E-state index contributed by atoms with van der Waals surface area (Å²) < 4.78 is 19.9. The second-order valence-electron chi connectivity index (χ2n) is 9.61. The number of benzene rings is 2. The van der Waals surface area contributed by atoms with E-state index in [9.17, 15) is 14.0 Å². The topological polar surface area (TPSA) is 66.0 Å². The second kappa shape index (κ2) is 10.6. The highest BCUT2D eigenvalue weighted by Crippen LogP contribution is 2.34. The first kappa shape index (κ1) is 24.8. The van der Waals surface area contributed by atoms with Crippen LogP contribution in [-0.4, -0.2) is 67.6 Å². The number of morpholine rings is 1. The minimum absolute atomic E-state index is 0.0802. The van der Waals surface area contributed by atoms with E-state index in [1.54, 1.807) is 21.9 Å². The van der Waals surface area contributed by atoms with Crippen LogP contribution in [0.1, 0.15) is 24.0 Å². The lowest BCUT2D eigenvalue weighted by atomic mass is 10.1. The first-order valence-electron chi connectivity index (χ1n) is 12.4. The molecule has 3 heterocycles. The van der Waals surface area contributed by atoms with Crippen LogP contribution in [0.2, 0.25) is 0 Å². The fourth-order valence-corrected chi connectivity index (χ4v) is 6.07. The van der Waals surface area contributed by atoms with Crippen LogP contribution in [0.15, 0.2) is 36.4 Å². The molecule has 2 fully saturated rings. The highest BCUT2D eigenvalue weighted by Gasteiger charge is 2.38. The number of aryl methyl sites for hydroxylation is 2. The fraction of sp³-hybridized carbons (Fsp3) is 0.444. The number of nitrogens with zero attached hydrogens (tertiary/aromatic N) is 4. The predicted molar refractivity (Wildman–Crippen MR) is 140 cm³/mol.